The number of anilines is 1. The predicted molar refractivity (Wildman–Crippen MR) is 64.7 cm³/mol. The van der Waals surface area contributed by atoms with Gasteiger partial charge in [0.2, 0.25) is 0 Å². The first-order valence-electron chi connectivity index (χ1n) is 5.00. The van der Waals surface area contributed by atoms with Crippen LogP contribution in [0, 0.1) is 0 Å². The van der Waals surface area contributed by atoms with Crippen molar-refractivity contribution in [1.29, 1.82) is 0 Å². The summed E-state index contributed by atoms with van der Waals surface area (Å²) >= 11 is 5.84. The van der Waals surface area contributed by atoms with E-state index in [9.17, 15) is 0 Å². The minimum Gasteiger partial charge on any atom is -0.387 e. The molecule has 0 bridgehead atoms. The van der Waals surface area contributed by atoms with Gasteiger partial charge in [0.15, 0.2) is 5.76 Å². The Morgan fingerprint density at radius 1 is 1.19 bits per heavy atom. The molecular formula is C12H14ClN2O+. The minimum atomic E-state index is 0.729. The van der Waals surface area contributed by atoms with Gasteiger partial charge in [-0.15, -0.1) is 0 Å². The van der Waals surface area contributed by atoms with Crippen LogP contribution in [0.2, 0.25) is 5.02 Å². The van der Waals surface area contributed by atoms with Crippen LogP contribution in [0.15, 0.2) is 34.9 Å². The lowest BCUT2D eigenvalue weighted by molar-refractivity contribution is -0.660. The molecule has 0 spiro atoms. The molecule has 0 fully saturated rings. The van der Waals surface area contributed by atoms with Crippen LogP contribution in [-0.2, 0) is 7.05 Å². The van der Waals surface area contributed by atoms with E-state index in [1.165, 1.54) is 0 Å². The largest absolute Gasteiger partial charge is 0.456 e. The summed E-state index contributed by atoms with van der Waals surface area (Å²) in [6.45, 7) is 0. The highest BCUT2D eigenvalue weighted by molar-refractivity contribution is 6.30. The minimum absolute atomic E-state index is 0.729. The highest BCUT2D eigenvalue weighted by Crippen LogP contribution is 2.23. The Labute approximate surface area is 99.9 Å². The maximum atomic E-state index is 5.84. The Morgan fingerprint density at radius 2 is 1.81 bits per heavy atom. The molecule has 0 aliphatic carbocycles. The second kappa shape index (κ2) is 4.18. The lowest BCUT2D eigenvalue weighted by Gasteiger charge is -1.99. The molecule has 2 rings (SSSR count). The number of rotatable bonds is 2. The van der Waals surface area contributed by atoms with Crippen molar-refractivity contribution in [2.75, 3.05) is 19.0 Å². The number of aryl methyl sites for hydroxylation is 1. The molecule has 0 aliphatic heterocycles. The Hall–Kier alpha value is -1.48. The van der Waals surface area contributed by atoms with Gasteiger partial charge in [-0.1, -0.05) is 11.6 Å². The fraction of sp³-hybridized carbons (Fsp3) is 0.250. The third-order valence-electron chi connectivity index (χ3n) is 2.33. The average Bonchev–Trinajstić information content (AvgIpc) is 2.61. The summed E-state index contributed by atoms with van der Waals surface area (Å²) < 4.78 is 7.70. The molecule has 0 atom stereocenters. The molecule has 1 aromatic carbocycles. The summed E-state index contributed by atoms with van der Waals surface area (Å²) in [6, 6.07) is 8.41. The van der Waals surface area contributed by atoms with E-state index in [1.54, 1.807) is 0 Å². The van der Waals surface area contributed by atoms with Gasteiger partial charge in [0.05, 0.1) is 21.1 Å². The van der Waals surface area contributed by atoms with E-state index in [1.807, 2.05) is 61.1 Å². The first-order valence-corrected chi connectivity index (χ1v) is 5.38. The second-order valence-electron chi connectivity index (χ2n) is 3.89. The van der Waals surface area contributed by atoms with Crippen molar-refractivity contribution in [1.82, 2.24) is 0 Å². The fourth-order valence-corrected chi connectivity index (χ4v) is 1.71. The monoisotopic (exact) mass is 237 g/mol. The van der Waals surface area contributed by atoms with Gasteiger partial charge in [0.25, 0.3) is 0 Å². The van der Waals surface area contributed by atoms with E-state index in [4.69, 9.17) is 16.0 Å². The summed E-state index contributed by atoms with van der Waals surface area (Å²) in [5, 5.41) is 0.729. The third-order valence-corrected chi connectivity index (χ3v) is 2.58. The number of benzene rings is 1. The van der Waals surface area contributed by atoms with E-state index < -0.39 is 0 Å². The van der Waals surface area contributed by atoms with Gasteiger partial charge in [-0.25, -0.2) is 4.90 Å². The highest BCUT2D eigenvalue weighted by Gasteiger charge is 2.17. The Balaban J connectivity index is 2.41. The lowest BCUT2D eigenvalue weighted by Crippen LogP contribution is -2.32. The van der Waals surface area contributed by atoms with Crippen molar-refractivity contribution >= 4 is 17.6 Å². The molecule has 3 nitrogen and oxygen atoms in total. The van der Waals surface area contributed by atoms with Crippen LogP contribution in [0.3, 0.4) is 0 Å². The molecule has 0 saturated carbocycles. The molecule has 0 unspecified atom stereocenters. The average molecular weight is 238 g/mol. The van der Waals surface area contributed by atoms with E-state index in [-0.39, 0.29) is 0 Å². The number of oxazole rings is 1. The Kier molecular flexibility index (Phi) is 2.88. The van der Waals surface area contributed by atoms with Crippen molar-refractivity contribution in [3.8, 4) is 11.3 Å². The van der Waals surface area contributed by atoms with Gasteiger partial charge in [0.1, 0.15) is 6.20 Å². The molecule has 0 aliphatic rings. The highest BCUT2D eigenvalue weighted by atomic mass is 35.5. The van der Waals surface area contributed by atoms with Gasteiger partial charge in [-0.05, 0) is 24.3 Å². The Morgan fingerprint density at radius 3 is 2.31 bits per heavy atom. The number of halogens is 1. The van der Waals surface area contributed by atoms with Gasteiger partial charge >= 0.3 is 6.01 Å². The maximum Gasteiger partial charge on any atom is 0.456 e. The molecule has 84 valence electrons. The van der Waals surface area contributed by atoms with E-state index >= 15 is 0 Å². The van der Waals surface area contributed by atoms with Gasteiger partial charge < -0.3 is 4.42 Å². The first kappa shape index (κ1) is 11.0. The van der Waals surface area contributed by atoms with E-state index in [0.717, 1.165) is 22.4 Å². The number of hydrogen-bond donors (Lipinski definition) is 0. The summed E-state index contributed by atoms with van der Waals surface area (Å²) in [4.78, 5) is 1.93. The molecule has 16 heavy (non-hydrogen) atoms. The van der Waals surface area contributed by atoms with Crippen LogP contribution < -0.4 is 9.47 Å². The summed E-state index contributed by atoms with van der Waals surface area (Å²) in [7, 11) is 5.85. The smallest absolute Gasteiger partial charge is 0.387 e. The predicted octanol–water partition coefficient (Wildman–Crippen LogP) is 2.49. The van der Waals surface area contributed by atoms with Gasteiger partial charge in [-0.2, -0.15) is 4.57 Å². The molecule has 1 aromatic heterocycles. The normalized spacial score (nSPS) is 10.5. The number of nitrogens with zero attached hydrogens (tertiary/aromatic N) is 2. The summed E-state index contributed by atoms with van der Waals surface area (Å²) in [5.41, 5.74) is 1.02. The molecule has 0 radical (unpaired) electrons. The first-order chi connectivity index (χ1) is 7.58. The van der Waals surface area contributed by atoms with Gasteiger partial charge in [-0.3, -0.25) is 0 Å². The molecule has 0 amide bonds. The van der Waals surface area contributed by atoms with Crippen molar-refractivity contribution in [2.45, 2.75) is 0 Å². The van der Waals surface area contributed by atoms with Crippen molar-refractivity contribution in [2.24, 2.45) is 7.05 Å². The SMILES string of the molecule is CN(C)c1oc(-c2ccc(Cl)cc2)c[n+]1C. The van der Waals surface area contributed by atoms with Crippen LogP contribution in [0.4, 0.5) is 6.01 Å². The van der Waals surface area contributed by atoms with Crippen LogP contribution >= 0.6 is 11.6 Å². The fourth-order valence-electron chi connectivity index (χ4n) is 1.58. The Bertz CT molecular complexity index is 488. The van der Waals surface area contributed by atoms with Crippen molar-refractivity contribution in [3.63, 3.8) is 0 Å². The molecule has 4 heteroatoms. The number of hydrogen-bond acceptors (Lipinski definition) is 2. The van der Waals surface area contributed by atoms with E-state index in [0.29, 0.717) is 0 Å². The summed E-state index contributed by atoms with van der Waals surface area (Å²) in [5.74, 6) is 0.836. The van der Waals surface area contributed by atoms with E-state index in [2.05, 4.69) is 0 Å². The van der Waals surface area contributed by atoms with Crippen molar-refractivity contribution < 1.29 is 8.98 Å². The topological polar surface area (TPSA) is 20.3 Å². The molecule has 0 N–H and O–H groups in total. The third kappa shape index (κ3) is 2.04. The zero-order chi connectivity index (χ0) is 11.7. The molecular weight excluding hydrogens is 224 g/mol. The van der Waals surface area contributed by atoms with Crippen molar-refractivity contribution in [3.05, 3.63) is 35.5 Å². The quantitative estimate of drug-likeness (QED) is 0.748. The lowest BCUT2D eigenvalue weighted by atomic mass is 10.2. The zero-order valence-electron chi connectivity index (χ0n) is 9.57. The molecule has 1 heterocycles. The van der Waals surface area contributed by atoms with Crippen LogP contribution in [-0.4, -0.2) is 14.1 Å². The summed E-state index contributed by atoms with van der Waals surface area (Å²) in [6.07, 6.45) is 1.96. The number of aromatic nitrogens is 1. The molecule has 0 saturated heterocycles. The maximum absolute atomic E-state index is 5.84. The second-order valence-corrected chi connectivity index (χ2v) is 4.33. The van der Waals surface area contributed by atoms with Crippen LogP contribution in [0.25, 0.3) is 11.3 Å². The van der Waals surface area contributed by atoms with Crippen LogP contribution in [0.1, 0.15) is 0 Å². The van der Waals surface area contributed by atoms with Crippen LogP contribution in [0.5, 0.6) is 0 Å². The zero-order valence-corrected chi connectivity index (χ0v) is 10.3. The standard InChI is InChI=1S/C12H14ClN2O/c1-14(2)12-15(3)8-11(16-12)9-4-6-10(13)7-5-9/h4-8H,1-3H3/q+1. The van der Waals surface area contributed by atoms with Gasteiger partial charge in [0, 0.05) is 10.6 Å². The molecule has 2 aromatic rings.